The molecule has 0 aliphatic heterocycles. The minimum Gasteiger partial charge on any atom is -0.256 e. The lowest BCUT2D eigenvalue weighted by molar-refractivity contribution is 1.33. The van der Waals surface area contributed by atoms with Crippen molar-refractivity contribution in [3.8, 4) is 11.3 Å². The Bertz CT molecular complexity index is 512. The zero-order valence-corrected chi connectivity index (χ0v) is 12.1. The van der Waals surface area contributed by atoms with Crippen LogP contribution in [0, 0.1) is 0 Å². The molecule has 0 fully saturated rings. The van der Waals surface area contributed by atoms with Crippen molar-refractivity contribution < 1.29 is 0 Å². The summed E-state index contributed by atoms with van der Waals surface area (Å²) in [4.78, 5) is 4.25. The highest BCUT2D eigenvalue weighted by molar-refractivity contribution is 9.10. The molecule has 0 unspecified atom stereocenters. The van der Waals surface area contributed by atoms with Gasteiger partial charge in [-0.3, -0.25) is 4.98 Å². The second-order valence-electron chi connectivity index (χ2n) is 3.52. The van der Waals surface area contributed by atoms with E-state index in [1.54, 1.807) is 11.3 Å². The molecule has 0 amide bonds. The van der Waals surface area contributed by atoms with E-state index in [1.807, 2.05) is 59.4 Å². The summed E-state index contributed by atoms with van der Waals surface area (Å²) in [6.45, 7) is 0. The molecule has 3 aromatic rings. The molecule has 0 saturated carbocycles. The maximum Gasteiger partial charge on any atom is 0.0701 e. The molecule has 2 aromatic heterocycles. The molecule has 18 heavy (non-hydrogen) atoms. The molecule has 0 N–H and O–H groups in total. The molecule has 0 atom stereocenters. The van der Waals surface area contributed by atoms with Gasteiger partial charge < -0.3 is 0 Å². The number of thiophene rings is 1. The Kier molecular flexibility index (Phi) is 5.12. The molecule has 0 saturated heterocycles. The van der Waals surface area contributed by atoms with E-state index in [1.165, 1.54) is 4.47 Å². The smallest absolute Gasteiger partial charge is 0.0701 e. The predicted molar refractivity (Wildman–Crippen MR) is 81.7 cm³/mol. The summed E-state index contributed by atoms with van der Waals surface area (Å²) in [6, 6.07) is 18.1. The van der Waals surface area contributed by atoms with Crippen molar-refractivity contribution in [3.63, 3.8) is 0 Å². The number of benzene rings is 1. The number of nitrogens with zero attached hydrogens (tertiary/aromatic N) is 1. The average Bonchev–Trinajstić information content (AvgIpc) is 2.93. The summed E-state index contributed by atoms with van der Waals surface area (Å²) in [6.07, 6.45) is 1.81. The second-order valence-corrected chi connectivity index (χ2v) is 5.22. The number of pyridine rings is 1. The third-order valence-corrected chi connectivity index (χ3v) is 3.70. The van der Waals surface area contributed by atoms with Crippen LogP contribution in [0.1, 0.15) is 0 Å². The Labute approximate surface area is 119 Å². The highest BCUT2D eigenvalue weighted by Crippen LogP contribution is 2.14. The van der Waals surface area contributed by atoms with E-state index >= 15 is 0 Å². The van der Waals surface area contributed by atoms with Gasteiger partial charge in [-0.2, -0.15) is 11.3 Å². The molecule has 0 aliphatic rings. The van der Waals surface area contributed by atoms with Crippen LogP contribution in [-0.4, -0.2) is 4.98 Å². The SMILES string of the molecule is Brc1ccsc1.c1ccc(-c2ccccn2)cc1. The van der Waals surface area contributed by atoms with E-state index in [4.69, 9.17) is 0 Å². The number of halogens is 1. The lowest BCUT2D eigenvalue weighted by Gasteiger charge is -1.97. The molecule has 3 rings (SSSR count). The van der Waals surface area contributed by atoms with Gasteiger partial charge in [0.25, 0.3) is 0 Å². The van der Waals surface area contributed by atoms with Crippen molar-refractivity contribution in [2.75, 3.05) is 0 Å². The van der Waals surface area contributed by atoms with Gasteiger partial charge in [-0.25, -0.2) is 0 Å². The Morgan fingerprint density at radius 2 is 1.67 bits per heavy atom. The Morgan fingerprint density at radius 1 is 0.889 bits per heavy atom. The normalized spacial score (nSPS) is 9.39. The molecule has 90 valence electrons. The molecule has 0 spiro atoms. The monoisotopic (exact) mass is 317 g/mol. The van der Waals surface area contributed by atoms with E-state index in [2.05, 4.69) is 33.0 Å². The summed E-state index contributed by atoms with van der Waals surface area (Å²) >= 11 is 4.98. The lowest BCUT2D eigenvalue weighted by atomic mass is 10.1. The maximum absolute atomic E-state index is 4.25. The average molecular weight is 318 g/mol. The van der Waals surface area contributed by atoms with Crippen LogP contribution >= 0.6 is 27.3 Å². The van der Waals surface area contributed by atoms with Gasteiger partial charge >= 0.3 is 0 Å². The fourth-order valence-corrected chi connectivity index (χ4v) is 2.53. The molecule has 3 heteroatoms. The molecular weight excluding hydrogens is 306 g/mol. The van der Waals surface area contributed by atoms with Crippen molar-refractivity contribution in [2.24, 2.45) is 0 Å². The van der Waals surface area contributed by atoms with Crippen molar-refractivity contribution in [2.45, 2.75) is 0 Å². The first kappa shape index (κ1) is 13.0. The minimum atomic E-state index is 1.03. The fourth-order valence-electron chi connectivity index (χ4n) is 1.39. The Hall–Kier alpha value is -1.45. The van der Waals surface area contributed by atoms with Crippen LogP contribution < -0.4 is 0 Å². The molecule has 0 aliphatic carbocycles. The van der Waals surface area contributed by atoms with Gasteiger partial charge in [0.05, 0.1) is 5.69 Å². The van der Waals surface area contributed by atoms with E-state index < -0.39 is 0 Å². The molecule has 0 bridgehead atoms. The first-order valence-corrected chi connectivity index (χ1v) is 7.24. The summed E-state index contributed by atoms with van der Waals surface area (Å²) in [5.41, 5.74) is 2.19. The quantitative estimate of drug-likeness (QED) is 0.596. The third kappa shape index (κ3) is 4.09. The number of hydrogen-bond acceptors (Lipinski definition) is 2. The van der Waals surface area contributed by atoms with Crippen LogP contribution in [0.5, 0.6) is 0 Å². The van der Waals surface area contributed by atoms with Crippen LogP contribution in [0.3, 0.4) is 0 Å². The van der Waals surface area contributed by atoms with Gasteiger partial charge in [0, 0.05) is 21.6 Å². The van der Waals surface area contributed by atoms with Crippen molar-refractivity contribution in [1.29, 1.82) is 0 Å². The summed E-state index contributed by atoms with van der Waals surface area (Å²) in [5, 5.41) is 4.07. The summed E-state index contributed by atoms with van der Waals surface area (Å²) < 4.78 is 1.17. The van der Waals surface area contributed by atoms with Gasteiger partial charge in [0.2, 0.25) is 0 Å². The highest BCUT2D eigenvalue weighted by atomic mass is 79.9. The molecule has 0 radical (unpaired) electrons. The molecular formula is C15H12BrNS. The fraction of sp³-hybridized carbons (Fsp3) is 0. The Morgan fingerprint density at radius 3 is 2.17 bits per heavy atom. The van der Waals surface area contributed by atoms with E-state index in [0.717, 1.165) is 11.3 Å². The van der Waals surface area contributed by atoms with Crippen molar-refractivity contribution in [1.82, 2.24) is 4.98 Å². The lowest BCUT2D eigenvalue weighted by Crippen LogP contribution is -1.79. The van der Waals surface area contributed by atoms with E-state index in [9.17, 15) is 0 Å². The largest absolute Gasteiger partial charge is 0.256 e. The summed E-state index contributed by atoms with van der Waals surface area (Å²) in [7, 11) is 0. The van der Waals surface area contributed by atoms with Gasteiger partial charge in [0.15, 0.2) is 0 Å². The van der Waals surface area contributed by atoms with Gasteiger partial charge in [-0.1, -0.05) is 36.4 Å². The minimum absolute atomic E-state index is 1.03. The maximum atomic E-state index is 4.25. The van der Waals surface area contributed by atoms with Crippen LogP contribution in [0.15, 0.2) is 76.0 Å². The third-order valence-electron chi connectivity index (χ3n) is 2.22. The van der Waals surface area contributed by atoms with Gasteiger partial charge in [0.1, 0.15) is 0 Å². The first-order valence-electron chi connectivity index (χ1n) is 5.50. The van der Waals surface area contributed by atoms with Crippen molar-refractivity contribution >= 4 is 27.3 Å². The molecule has 1 aromatic carbocycles. The van der Waals surface area contributed by atoms with Crippen LogP contribution in [0.25, 0.3) is 11.3 Å². The molecule has 1 nitrogen and oxygen atoms in total. The summed E-state index contributed by atoms with van der Waals surface area (Å²) in [5.74, 6) is 0. The standard InChI is InChI=1S/C11H9N.C4H3BrS/c1-2-6-10(7-3-1)11-8-4-5-9-12-11;5-4-1-2-6-3-4/h1-9H;1-3H. The zero-order valence-electron chi connectivity index (χ0n) is 9.66. The second kappa shape index (κ2) is 7.09. The van der Waals surface area contributed by atoms with Crippen LogP contribution in [0.2, 0.25) is 0 Å². The Balaban J connectivity index is 0.000000169. The topological polar surface area (TPSA) is 12.9 Å². The van der Waals surface area contributed by atoms with E-state index in [-0.39, 0.29) is 0 Å². The van der Waals surface area contributed by atoms with Gasteiger partial charge in [-0.05, 0) is 39.5 Å². The predicted octanol–water partition coefficient (Wildman–Crippen LogP) is 5.26. The van der Waals surface area contributed by atoms with Crippen LogP contribution in [0.4, 0.5) is 0 Å². The zero-order chi connectivity index (χ0) is 12.6. The van der Waals surface area contributed by atoms with E-state index in [0.29, 0.717) is 0 Å². The molecule has 2 heterocycles. The first-order chi connectivity index (χ1) is 8.86. The highest BCUT2D eigenvalue weighted by Gasteiger charge is 1.93. The number of hydrogen-bond donors (Lipinski definition) is 0. The number of rotatable bonds is 1. The van der Waals surface area contributed by atoms with Gasteiger partial charge in [-0.15, -0.1) is 0 Å². The number of aromatic nitrogens is 1. The van der Waals surface area contributed by atoms with Crippen molar-refractivity contribution in [3.05, 3.63) is 76.0 Å². The van der Waals surface area contributed by atoms with Crippen LogP contribution in [-0.2, 0) is 0 Å².